The Morgan fingerprint density at radius 3 is 2.57 bits per heavy atom. The summed E-state index contributed by atoms with van der Waals surface area (Å²) in [6.07, 6.45) is 0. The Bertz CT molecular complexity index is 419. The molecule has 0 aliphatic heterocycles. The molecule has 0 aromatic carbocycles. The van der Waals surface area contributed by atoms with Crippen LogP contribution in [0.1, 0.15) is 10.5 Å². The van der Waals surface area contributed by atoms with Gasteiger partial charge in [0.05, 0.1) is 4.92 Å². The van der Waals surface area contributed by atoms with Gasteiger partial charge in [0.2, 0.25) is 0 Å². The van der Waals surface area contributed by atoms with Crippen molar-refractivity contribution in [2.45, 2.75) is 0 Å². The molecule has 1 heterocycles. The van der Waals surface area contributed by atoms with Crippen molar-refractivity contribution in [3.8, 4) is 0 Å². The summed E-state index contributed by atoms with van der Waals surface area (Å²) in [7, 11) is 0. The van der Waals surface area contributed by atoms with Gasteiger partial charge < -0.3 is 5.11 Å². The lowest BCUT2D eigenvalue weighted by atomic mass is 10.3. The summed E-state index contributed by atoms with van der Waals surface area (Å²) < 4.78 is 0.150. The number of nitro groups is 1. The van der Waals surface area contributed by atoms with Crippen LogP contribution >= 0.6 is 11.6 Å². The Balaban J connectivity index is 3.43. The highest BCUT2D eigenvalue weighted by molar-refractivity contribution is 6.28. The van der Waals surface area contributed by atoms with Crippen LogP contribution in [0.2, 0.25) is 5.15 Å². The monoisotopic (exact) mass is 219 g/mol. The van der Waals surface area contributed by atoms with Gasteiger partial charge in [0.1, 0.15) is 12.1 Å². The van der Waals surface area contributed by atoms with E-state index in [4.69, 9.17) is 21.9 Å². The zero-order chi connectivity index (χ0) is 10.9. The molecule has 0 radical (unpaired) electrons. The average Bonchev–Trinajstić information content (AvgIpc) is 2.08. The van der Waals surface area contributed by atoms with E-state index < -0.39 is 27.4 Å². The van der Waals surface area contributed by atoms with Gasteiger partial charge in [-0.1, -0.05) is 0 Å². The van der Waals surface area contributed by atoms with Crippen LogP contribution in [0.3, 0.4) is 0 Å². The van der Waals surface area contributed by atoms with Crippen molar-refractivity contribution < 1.29 is 24.8 Å². The lowest BCUT2D eigenvalue weighted by Gasteiger charge is -1.93. The molecule has 74 valence electrons. The van der Waals surface area contributed by atoms with Crippen LogP contribution in [0, 0.1) is 10.1 Å². The highest BCUT2D eigenvalue weighted by Crippen LogP contribution is 2.15. The summed E-state index contributed by atoms with van der Waals surface area (Å²) in [6, 6.07) is 1.54. The number of rotatable bonds is 2. The molecule has 0 aliphatic rings. The van der Waals surface area contributed by atoms with Gasteiger partial charge >= 0.3 is 16.8 Å². The van der Waals surface area contributed by atoms with Gasteiger partial charge in [-0.2, -0.15) is 0 Å². The van der Waals surface area contributed by atoms with Gasteiger partial charge in [-0.3, -0.25) is 15.3 Å². The van der Waals surface area contributed by atoms with Crippen LogP contribution in [0.5, 0.6) is 0 Å². The maximum atomic E-state index is 10.5. The van der Waals surface area contributed by atoms with Crippen molar-refractivity contribution in [1.82, 2.24) is 0 Å². The molecule has 1 aromatic rings. The van der Waals surface area contributed by atoms with Crippen molar-refractivity contribution in [3.05, 3.63) is 33.1 Å². The van der Waals surface area contributed by atoms with E-state index in [1.165, 1.54) is 0 Å². The quantitative estimate of drug-likeness (QED) is 0.247. The molecule has 0 saturated carbocycles. The largest absolute Gasteiger partial charge is 0.473 e. The third-order valence-corrected chi connectivity index (χ3v) is 1.68. The standard InChI is InChI=1S/C6H3ClN2O5/c7-5-2-3(9(13)14)1-4(6(10)11)8(5)12/h1-2H,(H-,10,11,12)/p+1. The van der Waals surface area contributed by atoms with Gasteiger partial charge in [0.15, 0.2) is 0 Å². The maximum absolute atomic E-state index is 10.5. The molecule has 14 heavy (non-hydrogen) atoms. The molecule has 1 aromatic heterocycles. The molecule has 0 unspecified atom stereocenters. The molecule has 0 saturated heterocycles. The smallest absolute Gasteiger partial charge is 0.406 e. The van der Waals surface area contributed by atoms with E-state index in [1.807, 2.05) is 0 Å². The van der Waals surface area contributed by atoms with Gasteiger partial charge in [-0.15, -0.1) is 0 Å². The van der Waals surface area contributed by atoms with Crippen molar-refractivity contribution in [2.24, 2.45) is 0 Å². The Morgan fingerprint density at radius 1 is 1.57 bits per heavy atom. The molecule has 0 aliphatic carbocycles. The van der Waals surface area contributed by atoms with E-state index >= 15 is 0 Å². The number of nitrogens with zero attached hydrogens (tertiary/aromatic N) is 2. The number of carboxylic acid groups (broad SMARTS) is 1. The van der Waals surface area contributed by atoms with Crippen LogP contribution in [0.25, 0.3) is 0 Å². The molecular weight excluding hydrogens is 216 g/mol. The second kappa shape index (κ2) is 3.46. The average molecular weight is 220 g/mol. The topological polar surface area (TPSA) is 105 Å². The predicted molar refractivity (Wildman–Crippen MR) is 42.4 cm³/mol. The third-order valence-electron chi connectivity index (χ3n) is 1.41. The second-order valence-corrected chi connectivity index (χ2v) is 2.68. The van der Waals surface area contributed by atoms with Crippen LogP contribution in [-0.4, -0.2) is 21.2 Å². The van der Waals surface area contributed by atoms with E-state index in [0.29, 0.717) is 6.07 Å². The highest BCUT2D eigenvalue weighted by atomic mass is 35.5. The highest BCUT2D eigenvalue weighted by Gasteiger charge is 2.27. The van der Waals surface area contributed by atoms with Gasteiger partial charge in [-0.05, 0) is 11.6 Å². The van der Waals surface area contributed by atoms with Crippen LogP contribution in [-0.2, 0) is 0 Å². The zero-order valence-electron chi connectivity index (χ0n) is 6.55. The number of halogens is 1. The predicted octanol–water partition coefficient (Wildman–Crippen LogP) is 0.471. The molecule has 2 N–H and O–H groups in total. The first-order valence-corrected chi connectivity index (χ1v) is 3.64. The minimum Gasteiger partial charge on any atom is -0.473 e. The van der Waals surface area contributed by atoms with Gasteiger partial charge in [0, 0.05) is 4.73 Å². The van der Waals surface area contributed by atoms with Crippen molar-refractivity contribution in [1.29, 1.82) is 0 Å². The fourth-order valence-corrected chi connectivity index (χ4v) is 1.00. The van der Waals surface area contributed by atoms with Crippen LogP contribution < -0.4 is 4.73 Å². The summed E-state index contributed by atoms with van der Waals surface area (Å²) in [5.74, 6) is -1.52. The van der Waals surface area contributed by atoms with E-state index in [0.717, 1.165) is 6.07 Å². The Morgan fingerprint density at radius 2 is 2.14 bits per heavy atom. The molecular formula is C6H4ClN2O5+. The number of pyridine rings is 1. The lowest BCUT2D eigenvalue weighted by Crippen LogP contribution is -2.39. The van der Waals surface area contributed by atoms with Crippen molar-refractivity contribution in [2.75, 3.05) is 0 Å². The van der Waals surface area contributed by atoms with Crippen LogP contribution in [0.15, 0.2) is 12.1 Å². The van der Waals surface area contributed by atoms with Crippen molar-refractivity contribution in [3.63, 3.8) is 0 Å². The van der Waals surface area contributed by atoms with Crippen molar-refractivity contribution >= 4 is 23.3 Å². The van der Waals surface area contributed by atoms with E-state index in [-0.39, 0.29) is 4.73 Å². The minimum atomic E-state index is -1.52. The molecule has 0 fully saturated rings. The first-order chi connectivity index (χ1) is 6.43. The molecule has 8 heteroatoms. The first-order valence-electron chi connectivity index (χ1n) is 3.26. The number of aromatic carboxylic acids is 1. The summed E-state index contributed by atoms with van der Waals surface area (Å²) >= 11 is 5.35. The van der Waals surface area contributed by atoms with E-state index in [2.05, 4.69) is 0 Å². The summed E-state index contributed by atoms with van der Waals surface area (Å²) in [5.41, 5.74) is -1.18. The molecule has 0 atom stereocenters. The van der Waals surface area contributed by atoms with E-state index in [1.54, 1.807) is 0 Å². The molecule has 1 rings (SSSR count). The minimum absolute atomic E-state index is 0.150. The lowest BCUT2D eigenvalue weighted by molar-refractivity contribution is -0.904. The summed E-state index contributed by atoms with van der Waals surface area (Å²) in [5, 5.41) is 27.4. The number of carboxylic acids is 1. The number of aromatic nitrogens is 1. The molecule has 7 nitrogen and oxygen atoms in total. The van der Waals surface area contributed by atoms with Crippen LogP contribution in [0.4, 0.5) is 5.69 Å². The zero-order valence-corrected chi connectivity index (χ0v) is 7.30. The van der Waals surface area contributed by atoms with E-state index in [9.17, 15) is 14.9 Å². The Kier molecular flexibility index (Phi) is 2.52. The number of hydrogen-bond acceptors (Lipinski definition) is 4. The normalized spacial score (nSPS) is 9.79. The fraction of sp³-hybridized carbons (Fsp3) is 0. The maximum Gasteiger partial charge on any atom is 0.406 e. The summed E-state index contributed by atoms with van der Waals surface area (Å²) in [6.45, 7) is 0. The Hall–Kier alpha value is -1.89. The summed E-state index contributed by atoms with van der Waals surface area (Å²) in [4.78, 5) is 20.0. The fourth-order valence-electron chi connectivity index (χ4n) is 0.799. The molecule has 0 spiro atoms. The number of carbonyl (C=O) groups is 1. The second-order valence-electron chi connectivity index (χ2n) is 2.30. The SMILES string of the molecule is O=C(O)c1cc([N+](=O)[O-])cc(Cl)[n+]1O. The van der Waals surface area contributed by atoms with Gasteiger partial charge in [0.25, 0.3) is 5.69 Å². The number of hydrogen-bond donors (Lipinski definition) is 2. The first kappa shape index (κ1) is 10.2. The molecule has 0 amide bonds. The third kappa shape index (κ3) is 1.72. The Labute approximate surface area is 81.9 Å². The molecule has 0 bridgehead atoms. The van der Waals surface area contributed by atoms with Gasteiger partial charge in [-0.25, -0.2) is 4.79 Å².